The first-order valence-corrected chi connectivity index (χ1v) is 4.09. The Morgan fingerprint density at radius 3 is 2.14 bits per heavy atom. The maximum absolute atomic E-state index is 12.7. The highest BCUT2D eigenvalue weighted by Crippen LogP contribution is 2.14. The number of rotatable bonds is 2. The van der Waals surface area contributed by atoms with E-state index >= 15 is 0 Å². The fourth-order valence-corrected chi connectivity index (χ4v) is 0.934. The van der Waals surface area contributed by atoms with Crippen molar-refractivity contribution in [1.29, 1.82) is 0 Å². The lowest BCUT2D eigenvalue weighted by Gasteiger charge is -1.99. The topological polar surface area (TPSA) is 26.0 Å². The van der Waals surface area contributed by atoms with Crippen molar-refractivity contribution in [3.63, 3.8) is 0 Å². The maximum Gasteiger partial charge on any atom is 0.194 e. The van der Waals surface area contributed by atoms with E-state index < -0.39 is 17.5 Å². The molecule has 76 valence electrons. The lowest BCUT2D eigenvalue weighted by molar-refractivity contribution is 0.447. The fourth-order valence-electron chi connectivity index (χ4n) is 0.934. The van der Waals surface area contributed by atoms with Crippen LogP contribution < -0.4 is 5.73 Å². The van der Waals surface area contributed by atoms with Gasteiger partial charge >= 0.3 is 0 Å². The molecular formula is C10H10F3N. The zero-order valence-electron chi connectivity index (χ0n) is 7.60. The molecule has 0 spiro atoms. The Balaban J connectivity index is 3.01. The van der Waals surface area contributed by atoms with E-state index in [1.54, 1.807) is 13.0 Å². The molecule has 14 heavy (non-hydrogen) atoms. The Kier molecular flexibility index (Phi) is 3.30. The lowest BCUT2D eigenvalue weighted by Crippen LogP contribution is -2.09. The fraction of sp³-hybridized carbons (Fsp3) is 0.200. The Bertz CT molecular complexity index is 335. The third kappa shape index (κ3) is 2.60. The summed E-state index contributed by atoms with van der Waals surface area (Å²) in [5, 5.41) is 0. The highest BCUT2D eigenvalue weighted by Gasteiger charge is 2.08. The number of hydrogen-bond acceptors (Lipinski definition) is 1. The third-order valence-corrected chi connectivity index (χ3v) is 1.60. The van der Waals surface area contributed by atoms with Crippen molar-refractivity contribution in [3.8, 4) is 0 Å². The van der Waals surface area contributed by atoms with Crippen LogP contribution in [0.1, 0.15) is 12.5 Å². The van der Waals surface area contributed by atoms with Gasteiger partial charge in [-0.25, -0.2) is 13.2 Å². The van der Waals surface area contributed by atoms with Gasteiger partial charge in [-0.05, 0) is 24.6 Å². The van der Waals surface area contributed by atoms with Crippen LogP contribution in [-0.4, -0.2) is 6.04 Å². The smallest absolute Gasteiger partial charge is 0.194 e. The summed E-state index contributed by atoms with van der Waals surface area (Å²) >= 11 is 0. The van der Waals surface area contributed by atoms with Crippen molar-refractivity contribution < 1.29 is 13.2 Å². The van der Waals surface area contributed by atoms with E-state index in [-0.39, 0.29) is 11.6 Å². The van der Waals surface area contributed by atoms with Gasteiger partial charge in [-0.1, -0.05) is 12.2 Å². The predicted octanol–water partition coefficient (Wildman–Crippen LogP) is 2.46. The van der Waals surface area contributed by atoms with Crippen molar-refractivity contribution in [3.05, 3.63) is 41.2 Å². The first-order valence-electron chi connectivity index (χ1n) is 4.09. The van der Waals surface area contributed by atoms with Gasteiger partial charge in [0, 0.05) is 6.04 Å². The molecule has 1 nitrogen and oxygen atoms in total. The number of nitrogens with two attached hydrogens (primary N) is 1. The molecule has 0 bridgehead atoms. The van der Waals surface area contributed by atoms with Gasteiger partial charge < -0.3 is 5.73 Å². The number of halogens is 3. The van der Waals surface area contributed by atoms with Gasteiger partial charge in [0.1, 0.15) is 0 Å². The molecule has 1 aromatic carbocycles. The third-order valence-electron chi connectivity index (χ3n) is 1.60. The van der Waals surface area contributed by atoms with Crippen LogP contribution in [0.25, 0.3) is 6.08 Å². The summed E-state index contributed by atoms with van der Waals surface area (Å²) in [5.41, 5.74) is 5.65. The molecule has 0 aliphatic rings. The minimum absolute atomic E-state index is 0.217. The van der Waals surface area contributed by atoms with Gasteiger partial charge in [0.2, 0.25) is 0 Å². The molecule has 0 fully saturated rings. The Morgan fingerprint density at radius 1 is 1.21 bits per heavy atom. The Hall–Kier alpha value is -1.29. The monoisotopic (exact) mass is 201 g/mol. The van der Waals surface area contributed by atoms with E-state index in [0.717, 1.165) is 12.1 Å². The van der Waals surface area contributed by atoms with Crippen LogP contribution >= 0.6 is 0 Å². The van der Waals surface area contributed by atoms with Gasteiger partial charge in [0.05, 0.1) is 0 Å². The summed E-state index contributed by atoms with van der Waals surface area (Å²) in [6.45, 7) is 1.72. The molecule has 1 aromatic rings. The summed E-state index contributed by atoms with van der Waals surface area (Å²) in [5.74, 6) is -3.86. The molecule has 0 aliphatic carbocycles. The zero-order valence-corrected chi connectivity index (χ0v) is 7.60. The normalized spacial score (nSPS) is 13.5. The minimum atomic E-state index is -1.46. The van der Waals surface area contributed by atoms with Gasteiger partial charge in [-0.3, -0.25) is 0 Å². The molecule has 0 saturated carbocycles. The quantitative estimate of drug-likeness (QED) is 0.731. The molecule has 1 atom stereocenters. The summed E-state index contributed by atoms with van der Waals surface area (Å²) in [4.78, 5) is 0. The second-order valence-corrected chi connectivity index (χ2v) is 3.02. The predicted molar refractivity (Wildman–Crippen MR) is 49.0 cm³/mol. The van der Waals surface area contributed by atoms with Gasteiger partial charge in [-0.2, -0.15) is 0 Å². The molecule has 1 unspecified atom stereocenters. The van der Waals surface area contributed by atoms with Crippen LogP contribution in [0, 0.1) is 17.5 Å². The average Bonchev–Trinajstić information content (AvgIpc) is 2.10. The van der Waals surface area contributed by atoms with Crippen LogP contribution in [0.3, 0.4) is 0 Å². The first-order chi connectivity index (χ1) is 6.50. The number of benzene rings is 1. The summed E-state index contributed by atoms with van der Waals surface area (Å²) < 4.78 is 37.9. The second-order valence-electron chi connectivity index (χ2n) is 3.02. The van der Waals surface area contributed by atoms with Crippen molar-refractivity contribution in [1.82, 2.24) is 0 Å². The van der Waals surface area contributed by atoms with Crippen LogP contribution in [0.15, 0.2) is 18.2 Å². The molecule has 0 heterocycles. The van der Waals surface area contributed by atoms with E-state index in [1.165, 1.54) is 6.08 Å². The van der Waals surface area contributed by atoms with Crippen LogP contribution in [-0.2, 0) is 0 Å². The summed E-state index contributed by atoms with van der Waals surface area (Å²) in [6.07, 6.45) is 3.00. The van der Waals surface area contributed by atoms with Gasteiger partial charge in [0.25, 0.3) is 0 Å². The molecule has 0 amide bonds. The zero-order chi connectivity index (χ0) is 10.7. The van der Waals surface area contributed by atoms with Crippen molar-refractivity contribution in [2.75, 3.05) is 0 Å². The molecule has 0 saturated heterocycles. The number of hydrogen-bond donors (Lipinski definition) is 1. The Labute approximate surface area is 80.0 Å². The molecule has 2 N–H and O–H groups in total. The molecule has 1 rings (SSSR count). The van der Waals surface area contributed by atoms with E-state index in [0.29, 0.717) is 0 Å². The van der Waals surface area contributed by atoms with Gasteiger partial charge in [-0.15, -0.1) is 0 Å². The highest BCUT2D eigenvalue weighted by molar-refractivity contribution is 5.50. The van der Waals surface area contributed by atoms with E-state index in [1.807, 2.05) is 0 Å². The molecule has 0 radical (unpaired) electrons. The van der Waals surface area contributed by atoms with Crippen LogP contribution in [0.4, 0.5) is 13.2 Å². The molecule has 0 aromatic heterocycles. The van der Waals surface area contributed by atoms with E-state index in [2.05, 4.69) is 0 Å². The minimum Gasteiger partial charge on any atom is -0.325 e. The first kappa shape index (κ1) is 10.8. The molecular weight excluding hydrogens is 191 g/mol. The second kappa shape index (κ2) is 4.28. The average molecular weight is 201 g/mol. The Morgan fingerprint density at radius 2 is 1.71 bits per heavy atom. The lowest BCUT2D eigenvalue weighted by atomic mass is 10.1. The van der Waals surface area contributed by atoms with Crippen molar-refractivity contribution in [2.45, 2.75) is 13.0 Å². The molecule has 4 heteroatoms. The standard InChI is InChI=1S/C10H10F3N/c1-6(14)2-3-7-4-8(11)10(13)9(12)5-7/h2-6H,14H2,1H3/b3-2+. The van der Waals surface area contributed by atoms with Crippen molar-refractivity contribution >= 4 is 6.08 Å². The molecule has 0 aliphatic heterocycles. The van der Waals surface area contributed by atoms with Gasteiger partial charge in [0.15, 0.2) is 17.5 Å². The van der Waals surface area contributed by atoms with Crippen LogP contribution in [0.2, 0.25) is 0 Å². The van der Waals surface area contributed by atoms with Crippen molar-refractivity contribution in [2.24, 2.45) is 5.73 Å². The highest BCUT2D eigenvalue weighted by atomic mass is 19.2. The summed E-state index contributed by atoms with van der Waals surface area (Å²) in [6, 6.07) is 1.61. The van der Waals surface area contributed by atoms with E-state index in [9.17, 15) is 13.2 Å². The SMILES string of the molecule is CC(N)/C=C/c1cc(F)c(F)c(F)c1. The maximum atomic E-state index is 12.7. The largest absolute Gasteiger partial charge is 0.325 e. The summed E-state index contributed by atoms with van der Waals surface area (Å²) in [7, 11) is 0. The van der Waals surface area contributed by atoms with E-state index in [4.69, 9.17) is 5.73 Å². The van der Waals surface area contributed by atoms with Crippen LogP contribution in [0.5, 0.6) is 0 Å².